The molecule has 0 unspecified atom stereocenters. The Morgan fingerprint density at radius 1 is 1.13 bits per heavy atom. The number of rotatable bonds is 1. The first-order chi connectivity index (χ1) is 7.36. The van der Waals surface area contributed by atoms with Gasteiger partial charge in [0.15, 0.2) is 0 Å². The first kappa shape index (κ1) is 12.0. The SMILES string of the molecule is CN.Cc1ccc(N2CCCCC2)cn1. The summed E-state index contributed by atoms with van der Waals surface area (Å²) in [6.45, 7) is 4.43. The van der Waals surface area contributed by atoms with Crippen molar-refractivity contribution in [3.8, 4) is 0 Å². The van der Waals surface area contributed by atoms with Crippen LogP contribution >= 0.6 is 0 Å². The summed E-state index contributed by atoms with van der Waals surface area (Å²) in [6.07, 6.45) is 6.03. The maximum Gasteiger partial charge on any atom is 0.0552 e. The van der Waals surface area contributed by atoms with Gasteiger partial charge < -0.3 is 10.6 Å². The monoisotopic (exact) mass is 207 g/mol. The molecule has 1 saturated heterocycles. The predicted molar refractivity (Wildman–Crippen MR) is 65.1 cm³/mol. The summed E-state index contributed by atoms with van der Waals surface area (Å²) in [5, 5.41) is 0. The van der Waals surface area contributed by atoms with Crippen LogP contribution in [0.4, 0.5) is 5.69 Å². The molecule has 0 radical (unpaired) electrons. The minimum absolute atomic E-state index is 1.10. The fourth-order valence-electron chi connectivity index (χ4n) is 1.80. The summed E-state index contributed by atoms with van der Waals surface area (Å²) in [7, 11) is 1.50. The number of nitrogens with zero attached hydrogens (tertiary/aromatic N) is 2. The standard InChI is InChI=1S/C11H16N2.CH5N/c1-10-5-6-11(9-12-10)13-7-3-2-4-8-13;1-2/h5-6,9H,2-4,7-8H2,1H3;2H2,1H3. The lowest BCUT2D eigenvalue weighted by molar-refractivity contribution is 0.577. The van der Waals surface area contributed by atoms with Gasteiger partial charge in [-0.1, -0.05) is 0 Å². The van der Waals surface area contributed by atoms with E-state index < -0.39 is 0 Å². The van der Waals surface area contributed by atoms with Crippen LogP contribution in [0.25, 0.3) is 0 Å². The Morgan fingerprint density at radius 2 is 1.80 bits per heavy atom. The zero-order valence-electron chi connectivity index (χ0n) is 9.74. The summed E-state index contributed by atoms with van der Waals surface area (Å²) >= 11 is 0. The molecular formula is C12H21N3. The average Bonchev–Trinajstić information content (AvgIpc) is 2.34. The summed E-state index contributed by atoms with van der Waals surface area (Å²) in [6, 6.07) is 4.26. The number of hydrogen-bond acceptors (Lipinski definition) is 3. The number of aromatic nitrogens is 1. The summed E-state index contributed by atoms with van der Waals surface area (Å²) in [4.78, 5) is 6.74. The largest absolute Gasteiger partial charge is 0.370 e. The van der Waals surface area contributed by atoms with E-state index in [-0.39, 0.29) is 0 Å². The topological polar surface area (TPSA) is 42.1 Å². The lowest BCUT2D eigenvalue weighted by Crippen LogP contribution is -2.29. The predicted octanol–water partition coefficient (Wildman–Crippen LogP) is 1.96. The molecule has 0 bridgehead atoms. The van der Waals surface area contributed by atoms with Gasteiger partial charge in [-0.15, -0.1) is 0 Å². The first-order valence-corrected chi connectivity index (χ1v) is 5.61. The number of nitrogens with two attached hydrogens (primary N) is 1. The molecule has 1 fully saturated rings. The van der Waals surface area contributed by atoms with Crippen LogP contribution in [0.1, 0.15) is 25.0 Å². The van der Waals surface area contributed by atoms with Gasteiger partial charge in [0, 0.05) is 18.8 Å². The molecule has 0 saturated carbocycles. The van der Waals surface area contributed by atoms with E-state index in [2.05, 4.69) is 27.8 Å². The van der Waals surface area contributed by atoms with Crippen LogP contribution in [-0.4, -0.2) is 25.1 Å². The Hall–Kier alpha value is -1.09. The highest BCUT2D eigenvalue weighted by atomic mass is 15.1. The van der Waals surface area contributed by atoms with E-state index in [9.17, 15) is 0 Å². The van der Waals surface area contributed by atoms with Crippen LogP contribution in [0.15, 0.2) is 18.3 Å². The van der Waals surface area contributed by atoms with E-state index >= 15 is 0 Å². The third-order valence-corrected chi connectivity index (χ3v) is 2.62. The van der Waals surface area contributed by atoms with Crippen LogP contribution in [0, 0.1) is 6.92 Å². The second kappa shape index (κ2) is 6.40. The second-order valence-corrected chi connectivity index (χ2v) is 3.71. The molecule has 3 nitrogen and oxygen atoms in total. The summed E-state index contributed by atoms with van der Waals surface area (Å²) in [5.41, 5.74) is 6.88. The molecule has 0 spiro atoms. The molecule has 2 N–H and O–H groups in total. The van der Waals surface area contributed by atoms with Crippen LogP contribution in [0.3, 0.4) is 0 Å². The highest BCUT2D eigenvalue weighted by Gasteiger charge is 2.10. The molecule has 1 aliphatic heterocycles. The first-order valence-electron chi connectivity index (χ1n) is 5.61. The molecule has 15 heavy (non-hydrogen) atoms. The van der Waals surface area contributed by atoms with Gasteiger partial charge in [0.1, 0.15) is 0 Å². The van der Waals surface area contributed by atoms with Crippen LogP contribution < -0.4 is 10.6 Å². The molecule has 0 atom stereocenters. The maximum atomic E-state index is 4.50. The van der Waals surface area contributed by atoms with Crippen molar-refractivity contribution in [3.63, 3.8) is 0 Å². The van der Waals surface area contributed by atoms with Crippen molar-refractivity contribution in [3.05, 3.63) is 24.0 Å². The van der Waals surface area contributed by atoms with Gasteiger partial charge in [-0.3, -0.25) is 4.98 Å². The molecule has 1 aliphatic rings. The Kier molecular flexibility index (Phi) is 5.12. The third kappa shape index (κ3) is 3.51. The lowest BCUT2D eigenvalue weighted by Gasteiger charge is -2.28. The quantitative estimate of drug-likeness (QED) is 0.765. The zero-order valence-corrected chi connectivity index (χ0v) is 9.74. The molecule has 0 aliphatic carbocycles. The van der Waals surface area contributed by atoms with Crippen molar-refractivity contribution in [1.29, 1.82) is 0 Å². The highest BCUT2D eigenvalue weighted by molar-refractivity contribution is 5.44. The third-order valence-electron chi connectivity index (χ3n) is 2.62. The Morgan fingerprint density at radius 3 is 2.33 bits per heavy atom. The van der Waals surface area contributed by atoms with Crippen molar-refractivity contribution >= 4 is 5.69 Å². The van der Waals surface area contributed by atoms with Gasteiger partial charge in [0.05, 0.1) is 11.9 Å². The lowest BCUT2D eigenvalue weighted by atomic mass is 10.1. The van der Waals surface area contributed by atoms with E-state index in [1.165, 1.54) is 45.1 Å². The minimum Gasteiger partial charge on any atom is -0.370 e. The molecule has 84 valence electrons. The van der Waals surface area contributed by atoms with Gasteiger partial charge in [-0.2, -0.15) is 0 Å². The minimum atomic E-state index is 1.10. The Bertz CT molecular complexity index is 263. The van der Waals surface area contributed by atoms with Gasteiger partial charge in [-0.25, -0.2) is 0 Å². The number of hydrogen-bond donors (Lipinski definition) is 1. The second-order valence-electron chi connectivity index (χ2n) is 3.71. The van der Waals surface area contributed by atoms with Gasteiger partial charge >= 0.3 is 0 Å². The normalized spacial score (nSPS) is 15.5. The van der Waals surface area contributed by atoms with Gasteiger partial charge in [0.2, 0.25) is 0 Å². The summed E-state index contributed by atoms with van der Waals surface area (Å²) < 4.78 is 0. The smallest absolute Gasteiger partial charge is 0.0552 e. The Balaban J connectivity index is 0.000000531. The van der Waals surface area contributed by atoms with E-state index in [4.69, 9.17) is 0 Å². The van der Waals surface area contributed by atoms with Crippen LogP contribution in [0.2, 0.25) is 0 Å². The van der Waals surface area contributed by atoms with Crippen molar-refractivity contribution < 1.29 is 0 Å². The molecule has 3 heteroatoms. The maximum absolute atomic E-state index is 4.50. The molecule has 0 aromatic carbocycles. The van der Waals surface area contributed by atoms with Crippen molar-refractivity contribution in [1.82, 2.24) is 4.98 Å². The summed E-state index contributed by atoms with van der Waals surface area (Å²) in [5.74, 6) is 0. The van der Waals surface area contributed by atoms with E-state index in [0.717, 1.165) is 5.69 Å². The molecule has 1 aromatic heterocycles. The molecule has 2 heterocycles. The average molecular weight is 207 g/mol. The van der Waals surface area contributed by atoms with E-state index in [1.54, 1.807) is 0 Å². The van der Waals surface area contributed by atoms with E-state index in [1.807, 2.05) is 13.1 Å². The van der Waals surface area contributed by atoms with Gasteiger partial charge in [0.25, 0.3) is 0 Å². The zero-order chi connectivity index (χ0) is 11.1. The van der Waals surface area contributed by atoms with Crippen molar-refractivity contribution in [2.75, 3.05) is 25.0 Å². The van der Waals surface area contributed by atoms with E-state index in [0.29, 0.717) is 0 Å². The highest BCUT2D eigenvalue weighted by Crippen LogP contribution is 2.18. The molecule has 2 rings (SSSR count). The molecule has 1 aromatic rings. The van der Waals surface area contributed by atoms with Crippen LogP contribution in [-0.2, 0) is 0 Å². The number of anilines is 1. The van der Waals surface area contributed by atoms with Gasteiger partial charge in [-0.05, 0) is 45.4 Å². The fourth-order valence-corrected chi connectivity index (χ4v) is 1.80. The molecule has 0 amide bonds. The molecular weight excluding hydrogens is 186 g/mol. The number of piperidine rings is 1. The number of aryl methyl sites for hydroxylation is 1. The Labute approximate surface area is 92.3 Å². The van der Waals surface area contributed by atoms with Crippen LogP contribution in [0.5, 0.6) is 0 Å². The fraction of sp³-hybridized carbons (Fsp3) is 0.583. The van der Waals surface area contributed by atoms with Crippen molar-refractivity contribution in [2.24, 2.45) is 5.73 Å². The number of pyridine rings is 1. The van der Waals surface area contributed by atoms with Crippen molar-refractivity contribution in [2.45, 2.75) is 26.2 Å².